The maximum atomic E-state index is 13.0. The molecule has 1 aromatic carbocycles. The Balaban J connectivity index is 2.40. The molecule has 1 aliphatic rings. The first kappa shape index (κ1) is 15.6. The minimum atomic E-state index is -4.76. The number of piperidine rings is 1. The largest absolute Gasteiger partial charge is 0.423 e. The minimum Gasteiger partial charge on any atom is -0.370 e. The average Bonchev–Trinajstić information content (AvgIpc) is 2.35. The first-order valence-electron chi connectivity index (χ1n) is 6.54. The van der Waals surface area contributed by atoms with Crippen LogP contribution in [0.2, 0.25) is 0 Å². The summed E-state index contributed by atoms with van der Waals surface area (Å²) in [5.41, 5.74) is 4.04. The van der Waals surface area contributed by atoms with Crippen molar-refractivity contribution in [1.29, 1.82) is 0 Å². The second kappa shape index (κ2) is 5.51. The molecule has 2 rings (SSSR count). The molecule has 0 spiro atoms. The first-order valence-corrected chi connectivity index (χ1v) is 6.54. The van der Waals surface area contributed by atoms with E-state index >= 15 is 0 Å². The van der Waals surface area contributed by atoms with Gasteiger partial charge in [-0.3, -0.25) is 10.1 Å². The van der Waals surface area contributed by atoms with Crippen LogP contribution in [-0.2, 0) is 6.18 Å². The number of nitrogens with two attached hydrogens (primary N) is 1. The predicted octanol–water partition coefficient (Wildman–Crippen LogP) is 2.79. The fourth-order valence-electron chi connectivity index (χ4n) is 2.72. The number of halogens is 3. The lowest BCUT2D eigenvalue weighted by Gasteiger charge is -2.36. The number of benzene rings is 1. The summed E-state index contributed by atoms with van der Waals surface area (Å²) in [4.78, 5) is 11.5. The van der Waals surface area contributed by atoms with Crippen molar-refractivity contribution in [2.24, 2.45) is 11.7 Å². The molecule has 1 heterocycles. The van der Waals surface area contributed by atoms with Gasteiger partial charge in [0.2, 0.25) is 0 Å². The third-order valence-electron chi connectivity index (χ3n) is 3.54. The van der Waals surface area contributed by atoms with Gasteiger partial charge in [-0.15, -0.1) is 0 Å². The zero-order valence-corrected chi connectivity index (χ0v) is 11.4. The molecule has 1 aromatic rings. The second-order valence-electron chi connectivity index (χ2n) is 5.46. The molecule has 0 aromatic heterocycles. The summed E-state index contributed by atoms with van der Waals surface area (Å²) in [6.45, 7) is 3.00. The Kier molecular flexibility index (Phi) is 4.08. The van der Waals surface area contributed by atoms with Gasteiger partial charge in [0.05, 0.1) is 4.92 Å². The monoisotopic (exact) mass is 303 g/mol. The van der Waals surface area contributed by atoms with Crippen molar-refractivity contribution in [1.82, 2.24) is 0 Å². The molecule has 0 radical (unpaired) electrons. The standard InChI is InChI=1S/C13H16F3N3O2/c1-8-4-9(17)7-18(6-8)10-2-3-12(19(20)21)11(5-10)13(14,15)16/h2-3,5,8-9H,4,6-7,17H2,1H3. The topological polar surface area (TPSA) is 72.4 Å². The van der Waals surface area contributed by atoms with E-state index in [1.54, 1.807) is 4.90 Å². The maximum absolute atomic E-state index is 13.0. The van der Waals surface area contributed by atoms with Crippen LogP contribution in [0.4, 0.5) is 24.5 Å². The molecule has 116 valence electrons. The van der Waals surface area contributed by atoms with E-state index in [1.807, 2.05) is 6.92 Å². The molecular weight excluding hydrogens is 287 g/mol. The van der Waals surface area contributed by atoms with Crippen molar-refractivity contribution in [3.63, 3.8) is 0 Å². The zero-order valence-electron chi connectivity index (χ0n) is 11.4. The predicted molar refractivity (Wildman–Crippen MR) is 72.1 cm³/mol. The van der Waals surface area contributed by atoms with E-state index in [0.29, 0.717) is 18.8 Å². The number of alkyl halides is 3. The lowest BCUT2D eigenvalue weighted by Crippen LogP contribution is -2.46. The summed E-state index contributed by atoms with van der Waals surface area (Å²) in [6, 6.07) is 2.97. The highest BCUT2D eigenvalue weighted by Gasteiger charge is 2.39. The van der Waals surface area contributed by atoms with E-state index in [0.717, 1.165) is 18.6 Å². The van der Waals surface area contributed by atoms with Crippen LogP contribution < -0.4 is 10.6 Å². The highest BCUT2D eigenvalue weighted by atomic mass is 19.4. The van der Waals surface area contributed by atoms with E-state index in [1.165, 1.54) is 6.07 Å². The van der Waals surface area contributed by atoms with Gasteiger partial charge in [0.25, 0.3) is 5.69 Å². The fourth-order valence-corrected chi connectivity index (χ4v) is 2.72. The van der Waals surface area contributed by atoms with Gasteiger partial charge in [-0.05, 0) is 24.5 Å². The Labute approximate surface area is 119 Å². The van der Waals surface area contributed by atoms with Crippen molar-refractivity contribution in [3.05, 3.63) is 33.9 Å². The molecule has 2 unspecified atom stereocenters. The molecule has 2 atom stereocenters. The number of hydrogen-bond acceptors (Lipinski definition) is 4. The first-order chi connectivity index (χ1) is 9.68. The lowest BCUT2D eigenvalue weighted by atomic mass is 9.96. The molecule has 0 saturated carbocycles. The normalized spacial score (nSPS) is 23.2. The van der Waals surface area contributed by atoms with Crippen molar-refractivity contribution in [3.8, 4) is 0 Å². The fraction of sp³-hybridized carbons (Fsp3) is 0.538. The molecule has 21 heavy (non-hydrogen) atoms. The van der Waals surface area contributed by atoms with Crippen LogP contribution in [0, 0.1) is 16.0 Å². The molecule has 1 saturated heterocycles. The Morgan fingerprint density at radius 1 is 1.38 bits per heavy atom. The number of rotatable bonds is 2. The Morgan fingerprint density at radius 3 is 2.57 bits per heavy atom. The van der Waals surface area contributed by atoms with Crippen LogP contribution >= 0.6 is 0 Å². The van der Waals surface area contributed by atoms with Gasteiger partial charge >= 0.3 is 6.18 Å². The van der Waals surface area contributed by atoms with Gasteiger partial charge in [-0.1, -0.05) is 6.92 Å². The number of hydrogen-bond donors (Lipinski definition) is 1. The molecule has 0 amide bonds. The van der Waals surface area contributed by atoms with Gasteiger partial charge in [-0.25, -0.2) is 0 Å². The van der Waals surface area contributed by atoms with Crippen LogP contribution in [0.15, 0.2) is 18.2 Å². The van der Waals surface area contributed by atoms with Crippen LogP contribution in [0.3, 0.4) is 0 Å². The van der Waals surface area contributed by atoms with Gasteiger partial charge in [0.1, 0.15) is 5.56 Å². The summed E-state index contributed by atoms with van der Waals surface area (Å²) in [5.74, 6) is 0.262. The van der Waals surface area contributed by atoms with Crippen LogP contribution in [0.1, 0.15) is 18.9 Å². The SMILES string of the molecule is CC1CC(N)CN(c2ccc([N+](=O)[O-])c(C(F)(F)F)c2)C1. The van der Waals surface area contributed by atoms with E-state index in [9.17, 15) is 23.3 Å². The van der Waals surface area contributed by atoms with E-state index in [-0.39, 0.29) is 12.0 Å². The van der Waals surface area contributed by atoms with Gasteiger partial charge in [-0.2, -0.15) is 13.2 Å². The minimum absolute atomic E-state index is 0.113. The summed E-state index contributed by atoms with van der Waals surface area (Å²) >= 11 is 0. The van der Waals surface area contributed by atoms with E-state index < -0.39 is 22.4 Å². The quantitative estimate of drug-likeness (QED) is 0.673. The summed E-state index contributed by atoms with van der Waals surface area (Å²) in [7, 11) is 0. The highest BCUT2D eigenvalue weighted by molar-refractivity contribution is 5.57. The Bertz CT molecular complexity index is 538. The Morgan fingerprint density at radius 2 is 2.05 bits per heavy atom. The molecule has 2 N–H and O–H groups in total. The van der Waals surface area contributed by atoms with Crippen LogP contribution in [0.5, 0.6) is 0 Å². The zero-order chi connectivity index (χ0) is 15.8. The molecule has 0 bridgehead atoms. The number of nitro benzene ring substituents is 1. The van der Waals surface area contributed by atoms with E-state index in [4.69, 9.17) is 5.73 Å². The van der Waals surface area contributed by atoms with Crippen molar-refractivity contribution >= 4 is 11.4 Å². The van der Waals surface area contributed by atoms with Crippen LogP contribution in [0.25, 0.3) is 0 Å². The highest BCUT2D eigenvalue weighted by Crippen LogP contribution is 2.38. The number of nitrogens with zero attached hydrogens (tertiary/aromatic N) is 2. The molecule has 8 heteroatoms. The smallest absolute Gasteiger partial charge is 0.370 e. The average molecular weight is 303 g/mol. The van der Waals surface area contributed by atoms with Gasteiger partial charge in [0.15, 0.2) is 0 Å². The lowest BCUT2D eigenvalue weighted by molar-refractivity contribution is -0.388. The maximum Gasteiger partial charge on any atom is 0.423 e. The number of nitro groups is 1. The third-order valence-corrected chi connectivity index (χ3v) is 3.54. The van der Waals surface area contributed by atoms with Crippen LogP contribution in [-0.4, -0.2) is 24.1 Å². The molecule has 0 aliphatic carbocycles. The second-order valence-corrected chi connectivity index (χ2v) is 5.46. The molecule has 1 aliphatic heterocycles. The summed E-state index contributed by atoms with van der Waals surface area (Å²) in [6.07, 6.45) is -3.95. The van der Waals surface area contributed by atoms with E-state index in [2.05, 4.69) is 0 Å². The van der Waals surface area contributed by atoms with Crippen molar-refractivity contribution < 1.29 is 18.1 Å². The van der Waals surface area contributed by atoms with Gasteiger partial charge in [0, 0.05) is 30.9 Å². The Hall–Kier alpha value is -1.83. The number of anilines is 1. The van der Waals surface area contributed by atoms with Crippen molar-refractivity contribution in [2.45, 2.75) is 25.6 Å². The summed E-state index contributed by atoms with van der Waals surface area (Å²) < 4.78 is 38.9. The molecule has 1 fully saturated rings. The van der Waals surface area contributed by atoms with Gasteiger partial charge < -0.3 is 10.6 Å². The molecular formula is C13H16F3N3O2. The summed E-state index contributed by atoms with van der Waals surface area (Å²) in [5, 5.41) is 10.7. The van der Waals surface area contributed by atoms with Crippen molar-refractivity contribution in [2.75, 3.05) is 18.0 Å². The third kappa shape index (κ3) is 3.44. The molecule has 5 nitrogen and oxygen atoms in total.